The molecule has 0 spiro atoms. The molecule has 2 aromatic carbocycles. The molecule has 0 unspecified atom stereocenters. The van der Waals surface area contributed by atoms with Crippen molar-refractivity contribution in [1.29, 1.82) is 0 Å². The monoisotopic (exact) mass is 355 g/mol. The Morgan fingerprint density at radius 3 is 2.65 bits per heavy atom. The Morgan fingerprint density at radius 2 is 1.95 bits per heavy atom. The first kappa shape index (κ1) is 15.0. The lowest BCUT2D eigenvalue weighted by atomic mass is 10.2. The van der Waals surface area contributed by atoms with Crippen LogP contribution in [0.4, 0.5) is 5.69 Å². The van der Waals surface area contributed by atoms with E-state index in [9.17, 15) is 0 Å². The van der Waals surface area contributed by atoms with Crippen molar-refractivity contribution < 1.29 is 9.47 Å². The quantitative estimate of drug-likeness (QED) is 0.840. The average molecular weight is 357 g/mol. The van der Waals surface area contributed by atoms with E-state index in [1.54, 1.807) is 14.2 Å². The van der Waals surface area contributed by atoms with E-state index >= 15 is 0 Å². The van der Waals surface area contributed by atoms with Gasteiger partial charge in [-0.3, -0.25) is 0 Å². The Morgan fingerprint density at radius 1 is 1.15 bits per heavy atom. The van der Waals surface area contributed by atoms with E-state index in [-0.39, 0.29) is 0 Å². The zero-order chi connectivity index (χ0) is 14.5. The van der Waals surface area contributed by atoms with Gasteiger partial charge < -0.3 is 14.8 Å². The fraction of sp³-hybridized carbons (Fsp3) is 0.200. The summed E-state index contributed by atoms with van der Waals surface area (Å²) >= 11 is 9.72. The molecule has 0 saturated heterocycles. The third-order valence-electron chi connectivity index (χ3n) is 2.92. The summed E-state index contributed by atoms with van der Waals surface area (Å²) in [6, 6.07) is 11.4. The largest absolute Gasteiger partial charge is 0.497 e. The van der Waals surface area contributed by atoms with Gasteiger partial charge in [0.1, 0.15) is 11.5 Å². The maximum atomic E-state index is 6.22. The smallest absolute Gasteiger partial charge is 0.125 e. The molecular formula is C15H15BrClNO2. The molecule has 0 aliphatic carbocycles. The molecule has 106 valence electrons. The highest BCUT2D eigenvalue weighted by atomic mass is 79.9. The summed E-state index contributed by atoms with van der Waals surface area (Å²) < 4.78 is 11.5. The molecule has 5 heteroatoms. The lowest BCUT2D eigenvalue weighted by molar-refractivity contribution is 0.410. The first-order chi connectivity index (χ1) is 9.65. The Kier molecular flexibility index (Phi) is 5.15. The highest BCUT2D eigenvalue weighted by Gasteiger charge is 2.08. The molecule has 0 bridgehead atoms. The van der Waals surface area contributed by atoms with Gasteiger partial charge in [-0.1, -0.05) is 17.7 Å². The van der Waals surface area contributed by atoms with Gasteiger partial charge in [-0.25, -0.2) is 0 Å². The van der Waals surface area contributed by atoms with Crippen LogP contribution in [0.1, 0.15) is 5.56 Å². The molecule has 0 amide bonds. The minimum atomic E-state index is 0.564. The molecule has 0 saturated carbocycles. The van der Waals surface area contributed by atoms with Crippen molar-refractivity contribution in [3.05, 3.63) is 51.5 Å². The van der Waals surface area contributed by atoms with E-state index in [0.29, 0.717) is 11.6 Å². The van der Waals surface area contributed by atoms with Crippen molar-refractivity contribution >= 4 is 33.2 Å². The molecule has 0 fully saturated rings. The van der Waals surface area contributed by atoms with Gasteiger partial charge in [0, 0.05) is 27.7 Å². The summed E-state index contributed by atoms with van der Waals surface area (Å²) in [7, 11) is 3.28. The van der Waals surface area contributed by atoms with Gasteiger partial charge in [0.25, 0.3) is 0 Å². The van der Waals surface area contributed by atoms with Gasteiger partial charge in [0.2, 0.25) is 0 Å². The minimum absolute atomic E-state index is 0.564. The lowest BCUT2D eigenvalue weighted by Gasteiger charge is -2.14. The maximum Gasteiger partial charge on any atom is 0.125 e. The number of hydrogen-bond acceptors (Lipinski definition) is 3. The van der Waals surface area contributed by atoms with Crippen LogP contribution in [0.5, 0.6) is 11.5 Å². The van der Waals surface area contributed by atoms with Crippen LogP contribution in [0.3, 0.4) is 0 Å². The van der Waals surface area contributed by atoms with Gasteiger partial charge in [-0.2, -0.15) is 0 Å². The summed E-state index contributed by atoms with van der Waals surface area (Å²) in [6.07, 6.45) is 0. The van der Waals surface area contributed by atoms with Gasteiger partial charge in [0.15, 0.2) is 0 Å². The van der Waals surface area contributed by atoms with Crippen LogP contribution in [0.2, 0.25) is 5.02 Å². The fourth-order valence-corrected chi connectivity index (χ4v) is 2.47. The molecule has 0 aliphatic rings. The van der Waals surface area contributed by atoms with Gasteiger partial charge in [-0.05, 0) is 40.2 Å². The molecule has 2 rings (SSSR count). The van der Waals surface area contributed by atoms with Crippen molar-refractivity contribution in [2.45, 2.75) is 6.54 Å². The number of methoxy groups -OCH3 is 2. The van der Waals surface area contributed by atoms with Crippen molar-refractivity contribution in [2.24, 2.45) is 0 Å². The second-order valence-corrected chi connectivity index (χ2v) is 5.38. The molecule has 0 atom stereocenters. The van der Waals surface area contributed by atoms with Crippen LogP contribution in [0.25, 0.3) is 0 Å². The number of halogens is 2. The van der Waals surface area contributed by atoms with Crippen LogP contribution in [0, 0.1) is 0 Å². The van der Waals surface area contributed by atoms with Gasteiger partial charge in [-0.15, -0.1) is 0 Å². The number of ether oxygens (including phenoxy) is 2. The molecule has 20 heavy (non-hydrogen) atoms. The number of rotatable bonds is 5. The predicted octanol–water partition coefficient (Wildman–Crippen LogP) is 4.73. The number of anilines is 1. The van der Waals surface area contributed by atoms with Gasteiger partial charge >= 0.3 is 0 Å². The Hall–Kier alpha value is -1.39. The topological polar surface area (TPSA) is 30.5 Å². The second kappa shape index (κ2) is 6.86. The third-order valence-corrected chi connectivity index (χ3v) is 3.97. The summed E-state index contributed by atoms with van der Waals surface area (Å²) in [5, 5.41) is 4.00. The highest BCUT2D eigenvalue weighted by molar-refractivity contribution is 9.10. The number of nitrogens with one attached hydrogen (secondary N) is 1. The molecule has 1 N–H and O–H groups in total. The summed E-state index contributed by atoms with van der Waals surface area (Å²) in [5.74, 6) is 1.56. The van der Waals surface area contributed by atoms with E-state index in [1.165, 1.54) is 0 Å². The van der Waals surface area contributed by atoms with Crippen LogP contribution >= 0.6 is 27.5 Å². The maximum absolute atomic E-state index is 6.22. The van der Waals surface area contributed by atoms with Crippen molar-refractivity contribution in [2.75, 3.05) is 19.5 Å². The Bertz CT molecular complexity index is 604. The standard InChI is InChI=1S/C15H15BrClNO2/c1-19-10-6-7-12(16)14(8-10)18-9-11-13(17)4-3-5-15(11)20-2/h3-8,18H,9H2,1-2H3. The first-order valence-corrected chi connectivity index (χ1v) is 7.21. The van der Waals surface area contributed by atoms with E-state index in [4.69, 9.17) is 21.1 Å². The van der Waals surface area contributed by atoms with Crippen LogP contribution in [-0.4, -0.2) is 14.2 Å². The minimum Gasteiger partial charge on any atom is -0.497 e. The molecule has 0 aromatic heterocycles. The molecule has 0 heterocycles. The Balaban J connectivity index is 2.21. The first-order valence-electron chi connectivity index (χ1n) is 6.04. The molecule has 3 nitrogen and oxygen atoms in total. The third kappa shape index (κ3) is 3.38. The second-order valence-electron chi connectivity index (χ2n) is 4.12. The van der Waals surface area contributed by atoms with Crippen molar-refractivity contribution in [3.8, 4) is 11.5 Å². The predicted molar refractivity (Wildman–Crippen MR) is 86.0 cm³/mol. The molecular weight excluding hydrogens is 342 g/mol. The molecule has 0 aliphatic heterocycles. The van der Waals surface area contributed by atoms with Crippen molar-refractivity contribution in [1.82, 2.24) is 0 Å². The average Bonchev–Trinajstić information content (AvgIpc) is 2.47. The highest BCUT2D eigenvalue weighted by Crippen LogP contribution is 2.30. The van der Waals surface area contributed by atoms with Crippen LogP contribution < -0.4 is 14.8 Å². The number of benzene rings is 2. The summed E-state index contributed by atoms with van der Waals surface area (Å²) in [5.41, 5.74) is 1.86. The van der Waals surface area contributed by atoms with E-state index in [1.807, 2.05) is 36.4 Å². The molecule has 0 radical (unpaired) electrons. The molecule has 2 aromatic rings. The van der Waals surface area contributed by atoms with Crippen molar-refractivity contribution in [3.63, 3.8) is 0 Å². The SMILES string of the molecule is COc1ccc(Br)c(NCc2c(Cl)cccc2OC)c1. The van der Waals surface area contributed by atoms with Gasteiger partial charge in [0.05, 0.1) is 19.9 Å². The lowest BCUT2D eigenvalue weighted by Crippen LogP contribution is -2.03. The number of hydrogen-bond donors (Lipinski definition) is 1. The normalized spacial score (nSPS) is 10.2. The summed E-state index contributed by atoms with van der Waals surface area (Å²) in [6.45, 7) is 0.564. The van der Waals surface area contributed by atoms with E-state index in [2.05, 4.69) is 21.2 Å². The zero-order valence-corrected chi connectivity index (χ0v) is 13.6. The van der Waals surface area contributed by atoms with Crippen LogP contribution in [0.15, 0.2) is 40.9 Å². The Labute approximate surface area is 132 Å². The summed E-state index contributed by atoms with van der Waals surface area (Å²) in [4.78, 5) is 0. The fourth-order valence-electron chi connectivity index (χ4n) is 1.85. The van der Waals surface area contributed by atoms with E-state index in [0.717, 1.165) is 27.2 Å². The van der Waals surface area contributed by atoms with E-state index < -0.39 is 0 Å². The zero-order valence-electron chi connectivity index (χ0n) is 11.2. The van der Waals surface area contributed by atoms with Crippen LogP contribution in [-0.2, 0) is 6.54 Å².